The zero-order chi connectivity index (χ0) is 14.8. The number of nitrogens with zero attached hydrogens (tertiary/aromatic N) is 3. The summed E-state index contributed by atoms with van der Waals surface area (Å²) in [4.78, 5) is 14.6. The summed E-state index contributed by atoms with van der Waals surface area (Å²) < 4.78 is 7.35. The molecule has 1 amide bonds. The Kier molecular flexibility index (Phi) is 3.90. The minimum atomic E-state index is 0.199. The van der Waals surface area contributed by atoms with E-state index in [9.17, 15) is 4.79 Å². The van der Waals surface area contributed by atoms with Gasteiger partial charge in [-0.25, -0.2) is 4.98 Å². The molecule has 0 aliphatic carbocycles. The molecule has 7 heteroatoms. The number of nitrogens with one attached hydrogen (secondary N) is 1. The molecule has 0 aromatic carbocycles. The van der Waals surface area contributed by atoms with Gasteiger partial charge in [-0.3, -0.25) is 9.48 Å². The first-order valence-electron chi connectivity index (χ1n) is 6.66. The smallest absolute Gasteiger partial charge is 0.212 e. The molecule has 6 nitrogen and oxygen atoms in total. The van der Waals surface area contributed by atoms with Gasteiger partial charge < -0.3 is 10.1 Å². The monoisotopic (exact) mass is 306 g/mol. The minimum Gasteiger partial charge on any atom is -0.380 e. The van der Waals surface area contributed by atoms with Crippen molar-refractivity contribution in [3.05, 3.63) is 29.2 Å². The Hall–Kier alpha value is -1.92. The molecule has 0 radical (unpaired) electrons. The molecule has 2 aromatic heterocycles. The summed E-state index contributed by atoms with van der Waals surface area (Å²) in [5.41, 5.74) is 2.94. The first-order chi connectivity index (χ1) is 10.2. The maximum atomic E-state index is 10.5. The van der Waals surface area contributed by atoms with Crippen LogP contribution >= 0.6 is 11.6 Å². The van der Waals surface area contributed by atoms with Crippen LogP contribution in [0.4, 0.5) is 5.82 Å². The number of anilines is 1. The van der Waals surface area contributed by atoms with Crippen molar-refractivity contribution in [1.82, 2.24) is 14.8 Å². The van der Waals surface area contributed by atoms with Crippen LogP contribution in [0.1, 0.15) is 12.1 Å². The zero-order valence-corrected chi connectivity index (χ0v) is 12.3. The highest BCUT2D eigenvalue weighted by Gasteiger charge is 2.23. The van der Waals surface area contributed by atoms with Crippen LogP contribution < -0.4 is 5.32 Å². The summed E-state index contributed by atoms with van der Waals surface area (Å²) in [6.45, 7) is 0.744. The molecule has 3 rings (SSSR count). The highest BCUT2D eigenvalue weighted by atomic mass is 35.5. The van der Waals surface area contributed by atoms with Gasteiger partial charge in [0.2, 0.25) is 6.41 Å². The number of fused-ring (bicyclic) bond motifs is 1. The Morgan fingerprint density at radius 3 is 3.10 bits per heavy atom. The van der Waals surface area contributed by atoms with Gasteiger partial charge in [0.05, 0.1) is 23.9 Å². The Morgan fingerprint density at radius 2 is 2.33 bits per heavy atom. The van der Waals surface area contributed by atoms with Gasteiger partial charge in [0.1, 0.15) is 5.82 Å². The van der Waals surface area contributed by atoms with Crippen molar-refractivity contribution < 1.29 is 9.53 Å². The van der Waals surface area contributed by atoms with Gasteiger partial charge in [0, 0.05) is 30.1 Å². The number of amides is 1. The highest BCUT2D eigenvalue weighted by molar-refractivity contribution is 6.33. The lowest BCUT2D eigenvalue weighted by molar-refractivity contribution is -0.105. The predicted octanol–water partition coefficient (Wildman–Crippen LogP) is 2.13. The van der Waals surface area contributed by atoms with Gasteiger partial charge in [0.25, 0.3) is 0 Å². The van der Waals surface area contributed by atoms with Gasteiger partial charge >= 0.3 is 0 Å². The molecular formula is C14H15ClN4O2. The second-order valence-electron chi connectivity index (χ2n) is 4.90. The van der Waals surface area contributed by atoms with Crippen LogP contribution in [0.25, 0.3) is 11.1 Å². The fraction of sp³-hybridized carbons (Fsp3) is 0.357. The third-order valence-electron chi connectivity index (χ3n) is 3.71. The van der Waals surface area contributed by atoms with Crippen molar-refractivity contribution >= 4 is 23.8 Å². The molecule has 1 aliphatic heterocycles. The largest absolute Gasteiger partial charge is 0.380 e. The molecule has 1 unspecified atom stereocenters. The SMILES string of the molecule is COC1CCc2c(-c3cc(NC=O)ncc3Cl)cnn2C1. The number of rotatable bonds is 4. The van der Waals surface area contributed by atoms with E-state index in [1.807, 2.05) is 4.68 Å². The lowest BCUT2D eigenvalue weighted by atomic mass is 10.0. The summed E-state index contributed by atoms with van der Waals surface area (Å²) in [5, 5.41) is 7.49. The maximum absolute atomic E-state index is 10.5. The average Bonchev–Trinajstić information content (AvgIpc) is 2.92. The first kappa shape index (κ1) is 14.0. The summed E-state index contributed by atoms with van der Waals surface area (Å²) >= 11 is 6.25. The maximum Gasteiger partial charge on any atom is 0.212 e. The standard InChI is InChI=1S/C14H15ClN4O2/c1-21-9-2-3-13-11(5-18-19(13)7-9)10-4-14(17-8-20)16-6-12(10)15/h4-6,8-9H,2-3,7H2,1H3,(H,16,17,20). The molecule has 2 aromatic rings. The van der Waals surface area contributed by atoms with Crippen LogP contribution in [0.3, 0.4) is 0 Å². The lowest BCUT2D eigenvalue weighted by Gasteiger charge is -2.23. The Bertz CT molecular complexity index is 671. The van der Waals surface area contributed by atoms with Gasteiger partial charge in [-0.15, -0.1) is 0 Å². The number of pyridine rings is 1. The van der Waals surface area contributed by atoms with E-state index in [1.54, 1.807) is 19.4 Å². The van der Waals surface area contributed by atoms with Crippen molar-refractivity contribution in [2.75, 3.05) is 12.4 Å². The van der Waals surface area contributed by atoms with Crippen molar-refractivity contribution in [2.45, 2.75) is 25.5 Å². The molecule has 0 fully saturated rings. The van der Waals surface area contributed by atoms with E-state index in [-0.39, 0.29) is 6.10 Å². The second kappa shape index (κ2) is 5.83. The van der Waals surface area contributed by atoms with E-state index in [1.165, 1.54) is 6.20 Å². The Morgan fingerprint density at radius 1 is 1.48 bits per heavy atom. The number of ether oxygens (including phenoxy) is 1. The number of halogens is 1. The van der Waals surface area contributed by atoms with Crippen LogP contribution in [0, 0.1) is 0 Å². The molecule has 0 spiro atoms. The number of aromatic nitrogens is 3. The quantitative estimate of drug-likeness (QED) is 0.879. The van der Waals surface area contributed by atoms with Crippen molar-refractivity contribution in [2.24, 2.45) is 0 Å². The highest BCUT2D eigenvalue weighted by Crippen LogP contribution is 2.34. The van der Waals surface area contributed by atoms with E-state index in [4.69, 9.17) is 16.3 Å². The summed E-state index contributed by atoms with van der Waals surface area (Å²) in [6.07, 6.45) is 5.97. The third kappa shape index (κ3) is 2.64. The van der Waals surface area contributed by atoms with Crippen LogP contribution in [0.15, 0.2) is 18.5 Å². The molecule has 1 atom stereocenters. The number of carbonyl (C=O) groups is 1. The summed E-state index contributed by atoms with van der Waals surface area (Å²) in [5.74, 6) is 0.468. The van der Waals surface area contributed by atoms with Gasteiger partial charge in [0.15, 0.2) is 0 Å². The first-order valence-corrected chi connectivity index (χ1v) is 7.04. The molecule has 3 heterocycles. The van der Waals surface area contributed by atoms with Crippen molar-refractivity contribution in [3.8, 4) is 11.1 Å². The van der Waals surface area contributed by atoms with E-state index in [0.717, 1.165) is 36.2 Å². The fourth-order valence-electron chi connectivity index (χ4n) is 2.62. The topological polar surface area (TPSA) is 69.0 Å². The summed E-state index contributed by atoms with van der Waals surface area (Å²) in [7, 11) is 1.72. The lowest BCUT2D eigenvalue weighted by Crippen LogP contribution is -2.26. The van der Waals surface area contributed by atoms with Crippen molar-refractivity contribution in [1.29, 1.82) is 0 Å². The normalized spacial score (nSPS) is 17.3. The molecule has 110 valence electrons. The van der Waals surface area contributed by atoms with Gasteiger partial charge in [-0.05, 0) is 18.9 Å². The van der Waals surface area contributed by atoms with Gasteiger partial charge in [-0.2, -0.15) is 5.10 Å². The molecule has 0 bridgehead atoms. The second-order valence-corrected chi connectivity index (χ2v) is 5.30. The average molecular weight is 307 g/mol. The fourth-order valence-corrected chi connectivity index (χ4v) is 2.82. The van der Waals surface area contributed by atoms with E-state index >= 15 is 0 Å². The number of hydrogen-bond acceptors (Lipinski definition) is 4. The van der Waals surface area contributed by atoms with E-state index < -0.39 is 0 Å². The molecule has 0 saturated heterocycles. The third-order valence-corrected chi connectivity index (χ3v) is 4.02. The summed E-state index contributed by atoms with van der Waals surface area (Å²) in [6, 6.07) is 1.76. The van der Waals surface area contributed by atoms with Crippen LogP contribution in [0.5, 0.6) is 0 Å². The Balaban J connectivity index is 2.00. The molecule has 21 heavy (non-hydrogen) atoms. The minimum absolute atomic E-state index is 0.199. The number of methoxy groups -OCH3 is 1. The molecule has 0 saturated carbocycles. The molecule has 1 aliphatic rings. The van der Waals surface area contributed by atoms with E-state index in [0.29, 0.717) is 17.3 Å². The molecule has 1 N–H and O–H groups in total. The van der Waals surface area contributed by atoms with E-state index in [2.05, 4.69) is 15.4 Å². The number of hydrogen-bond donors (Lipinski definition) is 1. The zero-order valence-electron chi connectivity index (χ0n) is 11.5. The van der Waals surface area contributed by atoms with Crippen LogP contribution in [-0.2, 0) is 22.5 Å². The molecular weight excluding hydrogens is 292 g/mol. The van der Waals surface area contributed by atoms with Crippen molar-refractivity contribution in [3.63, 3.8) is 0 Å². The Labute approximate surface area is 127 Å². The van der Waals surface area contributed by atoms with Crippen LogP contribution in [0.2, 0.25) is 5.02 Å². The number of carbonyl (C=O) groups excluding carboxylic acids is 1. The van der Waals surface area contributed by atoms with Crippen LogP contribution in [-0.4, -0.2) is 34.4 Å². The van der Waals surface area contributed by atoms with Gasteiger partial charge in [-0.1, -0.05) is 11.6 Å². The predicted molar refractivity (Wildman–Crippen MR) is 79.3 cm³/mol.